The molecule has 1 aromatic heterocycles. The molecule has 0 radical (unpaired) electrons. The van der Waals surface area contributed by atoms with E-state index in [1.54, 1.807) is 18.9 Å². The average Bonchev–Trinajstić information content (AvgIpc) is 2.89. The average molecular weight is 330 g/mol. The summed E-state index contributed by atoms with van der Waals surface area (Å²) < 4.78 is 7.35. The topological polar surface area (TPSA) is 54.7 Å². The van der Waals surface area contributed by atoms with Crippen LogP contribution < -0.4 is 4.74 Å². The zero-order valence-corrected chi connectivity index (χ0v) is 15.3. The summed E-state index contributed by atoms with van der Waals surface area (Å²) in [6.45, 7) is 8.65. The second-order valence-corrected chi connectivity index (χ2v) is 7.72. The quantitative estimate of drug-likeness (QED) is 0.921. The number of amides is 1. The van der Waals surface area contributed by atoms with E-state index in [1.165, 1.54) is 0 Å². The molecule has 1 aliphatic heterocycles. The Morgan fingerprint density at radius 2 is 1.92 bits per heavy atom. The van der Waals surface area contributed by atoms with E-state index >= 15 is 0 Å². The number of methoxy groups -OCH3 is 1. The van der Waals surface area contributed by atoms with Gasteiger partial charge in [0.25, 0.3) is 5.91 Å². The Balaban J connectivity index is 2.09. The summed E-state index contributed by atoms with van der Waals surface area (Å²) >= 11 is 0. The first-order valence-electron chi connectivity index (χ1n) is 8.24. The van der Waals surface area contributed by atoms with E-state index in [2.05, 4.69) is 0 Å². The number of ether oxygens (including phenoxy) is 1. The maximum atomic E-state index is 13.2. The molecule has 2 heterocycles. The monoisotopic (exact) mass is 330 g/mol. The number of likely N-dealkylation sites (tertiary alicyclic amines) is 1. The van der Waals surface area contributed by atoms with Crippen LogP contribution in [0.25, 0.3) is 10.9 Å². The third kappa shape index (κ3) is 2.30. The predicted molar refractivity (Wildman–Crippen MR) is 94.5 cm³/mol. The van der Waals surface area contributed by atoms with Crippen LogP contribution >= 0.6 is 0 Å². The molecule has 5 nitrogen and oxygen atoms in total. The standard InChI is InChI=1S/C19H26N2O3/c1-12-16(14-9-13(24-6)7-8-15(14)20(12)5)17(22)21-10-18(2,3)19(4,23)11-21/h7-9,23H,10-11H2,1-6H3/t19-/m1/s1. The van der Waals surface area contributed by atoms with Gasteiger partial charge in [-0.1, -0.05) is 13.8 Å². The van der Waals surface area contributed by atoms with Crippen molar-refractivity contribution in [2.75, 3.05) is 20.2 Å². The van der Waals surface area contributed by atoms with Crippen molar-refractivity contribution in [3.8, 4) is 5.75 Å². The molecule has 1 aromatic carbocycles. The van der Waals surface area contributed by atoms with E-state index in [9.17, 15) is 9.90 Å². The van der Waals surface area contributed by atoms with E-state index < -0.39 is 5.60 Å². The number of fused-ring (bicyclic) bond motifs is 1. The number of β-amino-alcohol motifs (C(OH)–C–C–N with tert-alkyl or cyclic N) is 1. The van der Waals surface area contributed by atoms with Gasteiger partial charge in [-0.05, 0) is 32.0 Å². The molecule has 0 aliphatic carbocycles. The Bertz CT molecular complexity index is 802. The van der Waals surface area contributed by atoms with Crippen LogP contribution in [-0.4, -0.2) is 46.3 Å². The van der Waals surface area contributed by atoms with E-state index in [4.69, 9.17) is 4.74 Å². The minimum absolute atomic E-state index is 0.0304. The molecule has 130 valence electrons. The summed E-state index contributed by atoms with van der Waals surface area (Å²) in [5, 5.41) is 11.5. The van der Waals surface area contributed by atoms with Crippen molar-refractivity contribution in [2.24, 2.45) is 12.5 Å². The number of aliphatic hydroxyl groups is 1. The van der Waals surface area contributed by atoms with Gasteiger partial charge in [-0.2, -0.15) is 0 Å². The molecule has 24 heavy (non-hydrogen) atoms. The minimum Gasteiger partial charge on any atom is -0.497 e. The molecule has 1 fully saturated rings. The maximum Gasteiger partial charge on any atom is 0.256 e. The first-order chi connectivity index (χ1) is 11.1. The van der Waals surface area contributed by atoms with Crippen LogP contribution in [0.15, 0.2) is 18.2 Å². The molecule has 0 spiro atoms. The molecule has 1 aliphatic rings. The number of carbonyl (C=O) groups excluding carboxylic acids is 1. The Kier molecular flexibility index (Phi) is 3.68. The van der Waals surface area contributed by atoms with Crippen LogP contribution in [0.5, 0.6) is 5.75 Å². The van der Waals surface area contributed by atoms with Crippen molar-refractivity contribution < 1.29 is 14.6 Å². The first kappa shape index (κ1) is 16.8. The number of aromatic nitrogens is 1. The van der Waals surface area contributed by atoms with Crippen molar-refractivity contribution in [3.63, 3.8) is 0 Å². The molecule has 1 N–H and O–H groups in total. The predicted octanol–water partition coefficient (Wildman–Crippen LogP) is 2.73. The van der Waals surface area contributed by atoms with E-state index in [-0.39, 0.29) is 11.3 Å². The second-order valence-electron chi connectivity index (χ2n) is 7.72. The lowest BCUT2D eigenvalue weighted by Crippen LogP contribution is -2.40. The molecule has 0 unspecified atom stereocenters. The zero-order valence-electron chi connectivity index (χ0n) is 15.3. The smallest absolute Gasteiger partial charge is 0.256 e. The van der Waals surface area contributed by atoms with Gasteiger partial charge in [-0.15, -0.1) is 0 Å². The van der Waals surface area contributed by atoms with Crippen molar-refractivity contribution in [2.45, 2.75) is 33.3 Å². The van der Waals surface area contributed by atoms with Crippen molar-refractivity contribution in [3.05, 3.63) is 29.5 Å². The van der Waals surface area contributed by atoms with Crippen LogP contribution in [-0.2, 0) is 7.05 Å². The van der Waals surface area contributed by atoms with Crippen LogP contribution in [0.2, 0.25) is 0 Å². The third-order valence-corrected chi connectivity index (χ3v) is 5.74. The van der Waals surface area contributed by atoms with Crippen LogP contribution in [0, 0.1) is 12.3 Å². The number of rotatable bonds is 2. The zero-order chi connectivity index (χ0) is 17.9. The van der Waals surface area contributed by atoms with Crippen LogP contribution in [0.4, 0.5) is 0 Å². The summed E-state index contributed by atoms with van der Waals surface area (Å²) in [5.41, 5.74) is 1.40. The van der Waals surface area contributed by atoms with Gasteiger partial charge >= 0.3 is 0 Å². The van der Waals surface area contributed by atoms with Crippen molar-refractivity contribution in [1.82, 2.24) is 9.47 Å². The summed E-state index contributed by atoms with van der Waals surface area (Å²) in [6, 6.07) is 5.79. The van der Waals surface area contributed by atoms with Gasteiger partial charge in [-0.3, -0.25) is 4.79 Å². The SMILES string of the molecule is COc1ccc2c(c1)c(C(=O)N1CC(C)(C)[C@](C)(O)C1)c(C)n2C. The summed E-state index contributed by atoms with van der Waals surface area (Å²) in [4.78, 5) is 15.0. The van der Waals surface area contributed by atoms with Gasteiger partial charge < -0.3 is 19.3 Å². The van der Waals surface area contributed by atoms with E-state index in [0.29, 0.717) is 18.7 Å². The fourth-order valence-corrected chi connectivity index (χ4v) is 3.54. The fourth-order valence-electron chi connectivity index (χ4n) is 3.54. The van der Waals surface area contributed by atoms with Crippen LogP contribution in [0.3, 0.4) is 0 Å². The molecular weight excluding hydrogens is 304 g/mol. The number of carbonyl (C=O) groups is 1. The van der Waals surface area contributed by atoms with E-state index in [1.807, 2.05) is 50.6 Å². The molecule has 1 saturated heterocycles. The number of nitrogens with zero attached hydrogens (tertiary/aromatic N) is 2. The Morgan fingerprint density at radius 1 is 1.25 bits per heavy atom. The van der Waals surface area contributed by atoms with Gasteiger partial charge in [0.05, 0.1) is 24.8 Å². The number of hydrogen-bond donors (Lipinski definition) is 1. The summed E-state index contributed by atoms with van der Waals surface area (Å²) in [5.74, 6) is 0.702. The highest BCUT2D eigenvalue weighted by atomic mass is 16.5. The highest BCUT2D eigenvalue weighted by Gasteiger charge is 2.49. The lowest BCUT2D eigenvalue weighted by atomic mass is 9.79. The number of aryl methyl sites for hydroxylation is 1. The Hall–Kier alpha value is -2.01. The van der Waals surface area contributed by atoms with Gasteiger partial charge in [0.15, 0.2) is 0 Å². The highest BCUT2D eigenvalue weighted by Crippen LogP contribution is 2.40. The van der Waals surface area contributed by atoms with Crippen LogP contribution in [0.1, 0.15) is 36.8 Å². The first-order valence-corrected chi connectivity index (χ1v) is 8.24. The maximum absolute atomic E-state index is 13.2. The molecule has 1 atom stereocenters. The van der Waals surface area contributed by atoms with Gasteiger partial charge in [0, 0.05) is 35.6 Å². The minimum atomic E-state index is -0.890. The lowest BCUT2D eigenvalue weighted by Gasteiger charge is -2.30. The second kappa shape index (κ2) is 5.24. The lowest BCUT2D eigenvalue weighted by molar-refractivity contribution is -0.0108. The highest BCUT2D eigenvalue weighted by molar-refractivity contribution is 6.09. The van der Waals surface area contributed by atoms with Crippen molar-refractivity contribution in [1.29, 1.82) is 0 Å². The molecule has 3 rings (SSSR count). The number of benzene rings is 1. The molecule has 1 amide bonds. The molecule has 5 heteroatoms. The van der Waals surface area contributed by atoms with Gasteiger partial charge in [0.2, 0.25) is 0 Å². The Labute approximate surface area is 142 Å². The van der Waals surface area contributed by atoms with Gasteiger partial charge in [-0.25, -0.2) is 0 Å². The fraction of sp³-hybridized carbons (Fsp3) is 0.526. The molecule has 0 bridgehead atoms. The molecule has 0 saturated carbocycles. The van der Waals surface area contributed by atoms with E-state index in [0.717, 1.165) is 22.3 Å². The van der Waals surface area contributed by atoms with Gasteiger partial charge in [0.1, 0.15) is 5.75 Å². The third-order valence-electron chi connectivity index (χ3n) is 5.74. The normalized spacial score (nSPS) is 23.0. The van der Waals surface area contributed by atoms with Crippen molar-refractivity contribution >= 4 is 16.8 Å². The largest absolute Gasteiger partial charge is 0.497 e. The summed E-state index contributed by atoms with van der Waals surface area (Å²) in [7, 11) is 3.59. The summed E-state index contributed by atoms with van der Waals surface area (Å²) in [6.07, 6.45) is 0. The molecular formula is C19H26N2O3. The molecule has 2 aromatic rings. The Morgan fingerprint density at radius 3 is 2.46 bits per heavy atom. The number of hydrogen-bond acceptors (Lipinski definition) is 3.